The Morgan fingerprint density at radius 3 is 2.78 bits per heavy atom. The molecule has 0 spiro atoms. The van der Waals surface area contributed by atoms with Crippen molar-refractivity contribution in [1.29, 1.82) is 0 Å². The number of methoxy groups -OCH3 is 1. The number of hydrogen-bond acceptors (Lipinski definition) is 3. The van der Waals surface area contributed by atoms with Gasteiger partial charge in [-0.2, -0.15) is 5.10 Å². The summed E-state index contributed by atoms with van der Waals surface area (Å²) >= 11 is 6.00. The molecule has 5 heteroatoms. The minimum absolute atomic E-state index is 0.644. The number of hydrogen-bond donors (Lipinski definition) is 2. The van der Waals surface area contributed by atoms with Gasteiger partial charge in [0, 0.05) is 17.1 Å². The first-order valence-electron chi connectivity index (χ1n) is 5.69. The molecule has 1 aromatic carbocycles. The Bertz CT molecular complexity index is 532. The first-order chi connectivity index (χ1) is 8.61. The quantitative estimate of drug-likeness (QED) is 0.892. The summed E-state index contributed by atoms with van der Waals surface area (Å²) in [6.45, 7) is 4.59. The summed E-state index contributed by atoms with van der Waals surface area (Å²) in [7, 11) is 1.65. The Kier molecular flexibility index (Phi) is 3.77. The molecule has 0 bridgehead atoms. The van der Waals surface area contributed by atoms with E-state index in [9.17, 15) is 0 Å². The Balaban J connectivity index is 2.17. The lowest BCUT2D eigenvalue weighted by atomic mass is 10.2. The lowest BCUT2D eigenvalue weighted by molar-refractivity contribution is 0.410. The second kappa shape index (κ2) is 5.31. The van der Waals surface area contributed by atoms with Gasteiger partial charge in [0.25, 0.3) is 0 Å². The predicted molar refractivity (Wildman–Crippen MR) is 73.4 cm³/mol. The maximum absolute atomic E-state index is 6.00. The standard InChI is InChI=1S/C13H16ClN3O/c1-8-13(9(2)17-16-8)15-7-10-6-11(14)4-5-12(10)18-3/h4-6,15H,7H2,1-3H3,(H,16,17). The lowest BCUT2D eigenvalue weighted by Crippen LogP contribution is -2.03. The van der Waals surface area contributed by atoms with Gasteiger partial charge in [-0.05, 0) is 32.0 Å². The maximum atomic E-state index is 6.00. The van der Waals surface area contributed by atoms with E-state index < -0.39 is 0 Å². The van der Waals surface area contributed by atoms with E-state index in [1.54, 1.807) is 7.11 Å². The molecule has 18 heavy (non-hydrogen) atoms. The van der Waals surface area contributed by atoms with Gasteiger partial charge < -0.3 is 10.1 Å². The number of rotatable bonds is 4. The summed E-state index contributed by atoms with van der Waals surface area (Å²) in [6.07, 6.45) is 0. The van der Waals surface area contributed by atoms with Crippen LogP contribution in [0.15, 0.2) is 18.2 Å². The molecule has 0 saturated carbocycles. The van der Waals surface area contributed by atoms with E-state index in [1.165, 1.54) is 0 Å². The third-order valence-corrected chi connectivity index (χ3v) is 3.06. The molecular formula is C13H16ClN3O. The van der Waals surface area contributed by atoms with Crippen molar-refractivity contribution >= 4 is 17.3 Å². The summed E-state index contributed by atoms with van der Waals surface area (Å²) in [5, 5.41) is 11.1. The zero-order valence-electron chi connectivity index (χ0n) is 10.7. The summed E-state index contributed by atoms with van der Waals surface area (Å²) in [4.78, 5) is 0. The Hall–Kier alpha value is -1.68. The van der Waals surface area contributed by atoms with Crippen LogP contribution in [0.5, 0.6) is 5.75 Å². The molecule has 0 saturated heterocycles. The molecule has 0 aliphatic carbocycles. The van der Waals surface area contributed by atoms with E-state index >= 15 is 0 Å². The van der Waals surface area contributed by atoms with Crippen LogP contribution < -0.4 is 10.1 Å². The predicted octanol–water partition coefficient (Wildman–Crippen LogP) is 3.30. The number of ether oxygens (including phenoxy) is 1. The SMILES string of the molecule is COc1ccc(Cl)cc1CNc1c(C)n[nH]c1C. The summed E-state index contributed by atoms with van der Waals surface area (Å²) < 4.78 is 5.31. The van der Waals surface area contributed by atoms with Gasteiger partial charge in [0.1, 0.15) is 5.75 Å². The fraction of sp³-hybridized carbons (Fsp3) is 0.308. The zero-order valence-corrected chi connectivity index (χ0v) is 11.4. The number of H-pyrrole nitrogens is 1. The minimum atomic E-state index is 0.644. The minimum Gasteiger partial charge on any atom is -0.496 e. The summed E-state index contributed by atoms with van der Waals surface area (Å²) in [6, 6.07) is 5.59. The van der Waals surface area contributed by atoms with Crippen molar-refractivity contribution in [3.05, 3.63) is 40.2 Å². The second-order valence-electron chi connectivity index (χ2n) is 4.12. The van der Waals surface area contributed by atoms with E-state index in [4.69, 9.17) is 16.3 Å². The number of anilines is 1. The molecule has 0 unspecified atom stereocenters. The van der Waals surface area contributed by atoms with Crippen molar-refractivity contribution in [1.82, 2.24) is 10.2 Å². The molecule has 2 aromatic rings. The molecule has 0 amide bonds. The van der Waals surface area contributed by atoms with E-state index in [-0.39, 0.29) is 0 Å². The molecule has 0 atom stereocenters. The first-order valence-corrected chi connectivity index (χ1v) is 6.07. The molecule has 0 aliphatic rings. The molecule has 96 valence electrons. The van der Waals surface area contributed by atoms with Crippen LogP contribution in [0.4, 0.5) is 5.69 Å². The molecule has 2 rings (SSSR count). The maximum Gasteiger partial charge on any atom is 0.123 e. The van der Waals surface area contributed by atoms with Crippen LogP contribution in [0.3, 0.4) is 0 Å². The number of aromatic amines is 1. The van der Waals surface area contributed by atoms with Gasteiger partial charge in [-0.15, -0.1) is 0 Å². The van der Waals surface area contributed by atoms with Crippen LogP contribution in [-0.4, -0.2) is 17.3 Å². The molecule has 1 heterocycles. The largest absolute Gasteiger partial charge is 0.496 e. The highest BCUT2D eigenvalue weighted by atomic mass is 35.5. The van der Waals surface area contributed by atoms with Crippen molar-refractivity contribution in [2.75, 3.05) is 12.4 Å². The van der Waals surface area contributed by atoms with Crippen LogP contribution >= 0.6 is 11.6 Å². The average molecular weight is 266 g/mol. The van der Waals surface area contributed by atoms with Crippen LogP contribution in [0.1, 0.15) is 17.0 Å². The van der Waals surface area contributed by atoms with Crippen molar-refractivity contribution in [3.63, 3.8) is 0 Å². The van der Waals surface area contributed by atoms with Crippen LogP contribution in [0.25, 0.3) is 0 Å². The zero-order chi connectivity index (χ0) is 13.1. The molecule has 0 radical (unpaired) electrons. The van der Waals surface area contributed by atoms with Gasteiger partial charge in [-0.3, -0.25) is 5.10 Å². The Morgan fingerprint density at radius 2 is 2.17 bits per heavy atom. The second-order valence-corrected chi connectivity index (χ2v) is 4.56. The van der Waals surface area contributed by atoms with E-state index in [0.29, 0.717) is 11.6 Å². The number of benzene rings is 1. The van der Waals surface area contributed by atoms with Crippen molar-refractivity contribution in [3.8, 4) is 5.75 Å². The van der Waals surface area contributed by atoms with E-state index in [1.807, 2.05) is 32.0 Å². The van der Waals surface area contributed by atoms with Crippen LogP contribution in [-0.2, 0) is 6.54 Å². The highest BCUT2D eigenvalue weighted by molar-refractivity contribution is 6.30. The highest BCUT2D eigenvalue weighted by Gasteiger charge is 2.08. The highest BCUT2D eigenvalue weighted by Crippen LogP contribution is 2.24. The monoisotopic (exact) mass is 265 g/mol. The van der Waals surface area contributed by atoms with Gasteiger partial charge in [0.05, 0.1) is 24.2 Å². The molecular weight excluding hydrogens is 250 g/mol. The van der Waals surface area contributed by atoms with Gasteiger partial charge in [-0.1, -0.05) is 11.6 Å². The lowest BCUT2D eigenvalue weighted by Gasteiger charge is -2.11. The molecule has 1 aromatic heterocycles. The topological polar surface area (TPSA) is 49.9 Å². The third kappa shape index (κ3) is 2.59. The number of nitrogens with one attached hydrogen (secondary N) is 2. The molecule has 2 N–H and O–H groups in total. The van der Waals surface area contributed by atoms with E-state index in [2.05, 4.69) is 15.5 Å². The van der Waals surface area contributed by atoms with Crippen LogP contribution in [0.2, 0.25) is 5.02 Å². The number of aryl methyl sites for hydroxylation is 2. The first kappa shape index (κ1) is 12.8. The Labute approximate surface area is 111 Å². The van der Waals surface area contributed by atoms with Gasteiger partial charge in [-0.25, -0.2) is 0 Å². The van der Waals surface area contributed by atoms with Crippen LogP contribution in [0, 0.1) is 13.8 Å². The van der Waals surface area contributed by atoms with Gasteiger partial charge in [0.15, 0.2) is 0 Å². The fourth-order valence-corrected chi connectivity index (χ4v) is 2.07. The summed E-state index contributed by atoms with van der Waals surface area (Å²) in [5.41, 5.74) is 4.02. The normalized spacial score (nSPS) is 10.4. The fourth-order valence-electron chi connectivity index (χ4n) is 1.88. The number of aromatic nitrogens is 2. The van der Waals surface area contributed by atoms with Crippen molar-refractivity contribution in [2.24, 2.45) is 0 Å². The molecule has 4 nitrogen and oxygen atoms in total. The smallest absolute Gasteiger partial charge is 0.123 e. The molecule has 0 fully saturated rings. The van der Waals surface area contributed by atoms with Crippen molar-refractivity contribution in [2.45, 2.75) is 20.4 Å². The Morgan fingerprint density at radius 1 is 1.39 bits per heavy atom. The van der Waals surface area contributed by atoms with Gasteiger partial charge >= 0.3 is 0 Å². The van der Waals surface area contributed by atoms with E-state index in [0.717, 1.165) is 28.4 Å². The van der Waals surface area contributed by atoms with Gasteiger partial charge in [0.2, 0.25) is 0 Å². The van der Waals surface area contributed by atoms with Crippen molar-refractivity contribution < 1.29 is 4.74 Å². The number of halogens is 1. The summed E-state index contributed by atoms with van der Waals surface area (Å²) in [5.74, 6) is 0.825. The molecule has 0 aliphatic heterocycles. The third-order valence-electron chi connectivity index (χ3n) is 2.83. The average Bonchev–Trinajstić information content (AvgIpc) is 2.67. The number of nitrogens with zero attached hydrogens (tertiary/aromatic N) is 1.